The van der Waals surface area contributed by atoms with Gasteiger partial charge in [0, 0.05) is 32.1 Å². The number of nitrogens with zero attached hydrogens (tertiary/aromatic N) is 5. The van der Waals surface area contributed by atoms with Crippen molar-refractivity contribution in [3.8, 4) is 0 Å². The molecular weight excluding hydrogens is 370 g/mol. The average molecular weight is 402 g/mol. The van der Waals surface area contributed by atoms with Crippen LogP contribution < -0.4 is 0 Å². The van der Waals surface area contributed by atoms with Crippen molar-refractivity contribution in [2.75, 3.05) is 45.9 Å². The van der Waals surface area contributed by atoms with Gasteiger partial charge >= 0.3 is 0 Å². The van der Waals surface area contributed by atoms with Crippen LogP contribution in [0.3, 0.4) is 0 Å². The molecule has 2 aliphatic heterocycles. The smallest absolute Gasteiger partial charge is 0.276 e. The fourth-order valence-corrected chi connectivity index (χ4v) is 4.13. The Morgan fingerprint density at radius 1 is 1.21 bits per heavy atom. The van der Waals surface area contributed by atoms with Crippen molar-refractivity contribution < 1.29 is 13.9 Å². The molecule has 0 N–H and O–H groups in total. The Morgan fingerprint density at radius 3 is 2.66 bits per heavy atom. The fraction of sp³-hybridized carbons (Fsp3) is 0.667. The Bertz CT molecular complexity index is 803. The second-order valence-corrected chi connectivity index (χ2v) is 8.20. The molecule has 2 aliphatic rings. The largest absolute Gasteiger partial charge is 0.466 e. The van der Waals surface area contributed by atoms with Crippen LogP contribution in [0.4, 0.5) is 0 Å². The van der Waals surface area contributed by atoms with Gasteiger partial charge in [0.15, 0.2) is 5.69 Å². The van der Waals surface area contributed by atoms with Crippen LogP contribution in [0.25, 0.3) is 0 Å². The Morgan fingerprint density at radius 2 is 1.97 bits per heavy atom. The van der Waals surface area contributed by atoms with E-state index in [1.165, 1.54) is 0 Å². The molecule has 158 valence electrons. The van der Waals surface area contributed by atoms with Crippen LogP contribution in [0.15, 0.2) is 22.7 Å². The number of morpholine rings is 1. The number of carbonyl (C=O) groups is 1. The third kappa shape index (κ3) is 4.87. The molecule has 0 bridgehead atoms. The maximum absolute atomic E-state index is 12.6. The minimum Gasteiger partial charge on any atom is -0.466 e. The van der Waals surface area contributed by atoms with Crippen molar-refractivity contribution in [2.24, 2.45) is 0 Å². The van der Waals surface area contributed by atoms with E-state index in [9.17, 15) is 4.79 Å². The lowest BCUT2D eigenvalue weighted by atomic mass is 10.0. The van der Waals surface area contributed by atoms with Crippen LogP contribution >= 0.6 is 0 Å². The predicted octanol–water partition coefficient (Wildman–Crippen LogP) is 2.48. The van der Waals surface area contributed by atoms with Crippen LogP contribution in [-0.2, 0) is 4.74 Å². The Kier molecular flexibility index (Phi) is 6.30. The molecule has 0 spiro atoms. The molecule has 0 radical (unpaired) electrons. The van der Waals surface area contributed by atoms with Crippen LogP contribution in [0, 0.1) is 6.92 Å². The number of aryl methyl sites for hydroxylation is 1. The quantitative estimate of drug-likeness (QED) is 0.740. The van der Waals surface area contributed by atoms with Crippen molar-refractivity contribution in [3.63, 3.8) is 0 Å². The molecule has 0 saturated carbocycles. The maximum atomic E-state index is 12.6. The number of hydrogen-bond donors (Lipinski definition) is 0. The van der Waals surface area contributed by atoms with Crippen molar-refractivity contribution in [3.05, 3.63) is 35.5 Å². The van der Waals surface area contributed by atoms with Gasteiger partial charge in [-0.1, -0.05) is 12.1 Å². The monoisotopic (exact) mass is 401 g/mol. The molecule has 1 atom stereocenters. The first-order valence-electron chi connectivity index (χ1n) is 10.7. The summed E-state index contributed by atoms with van der Waals surface area (Å²) in [4.78, 5) is 16.9. The molecule has 0 aromatic carbocycles. The normalized spacial score (nSPS) is 20.1. The number of ether oxygens (including phenoxy) is 1. The highest BCUT2D eigenvalue weighted by Crippen LogP contribution is 2.25. The molecule has 8 heteroatoms. The zero-order valence-corrected chi connectivity index (χ0v) is 17.4. The topological polar surface area (TPSA) is 76.6 Å². The van der Waals surface area contributed by atoms with Gasteiger partial charge in [0.05, 0.1) is 25.5 Å². The Balaban J connectivity index is 1.24. The number of hydrogen-bond acceptors (Lipinski definition) is 6. The minimum atomic E-state index is -0.0425. The van der Waals surface area contributed by atoms with E-state index in [0.29, 0.717) is 44.0 Å². The van der Waals surface area contributed by atoms with E-state index < -0.39 is 0 Å². The van der Waals surface area contributed by atoms with Gasteiger partial charge in [-0.2, -0.15) is 0 Å². The highest BCUT2D eigenvalue weighted by molar-refractivity contribution is 5.92. The summed E-state index contributed by atoms with van der Waals surface area (Å²) in [5.41, 5.74) is 0.442. The van der Waals surface area contributed by atoms with Gasteiger partial charge in [-0.3, -0.25) is 4.79 Å². The van der Waals surface area contributed by atoms with Crippen LogP contribution in [0.2, 0.25) is 0 Å². The molecule has 29 heavy (non-hydrogen) atoms. The van der Waals surface area contributed by atoms with E-state index in [0.717, 1.165) is 50.4 Å². The average Bonchev–Trinajstić information content (AvgIpc) is 3.42. The van der Waals surface area contributed by atoms with Gasteiger partial charge in [-0.15, -0.1) is 5.10 Å². The molecule has 4 rings (SSSR count). The maximum Gasteiger partial charge on any atom is 0.276 e. The minimum absolute atomic E-state index is 0.0425. The molecular formula is C21H31N5O3. The highest BCUT2D eigenvalue weighted by atomic mass is 16.5. The van der Waals surface area contributed by atoms with Gasteiger partial charge < -0.3 is 19.0 Å². The first-order valence-corrected chi connectivity index (χ1v) is 10.7. The number of carbonyl (C=O) groups excluding carboxylic acids is 1. The molecule has 0 aliphatic carbocycles. The summed E-state index contributed by atoms with van der Waals surface area (Å²) in [6.45, 7) is 9.82. The number of rotatable bonds is 6. The molecule has 2 aromatic rings. The third-order valence-electron chi connectivity index (χ3n) is 6.08. The van der Waals surface area contributed by atoms with Crippen LogP contribution in [-0.4, -0.2) is 76.6 Å². The Hall–Kier alpha value is -2.19. The molecule has 8 nitrogen and oxygen atoms in total. The predicted molar refractivity (Wildman–Crippen MR) is 108 cm³/mol. The summed E-state index contributed by atoms with van der Waals surface area (Å²) >= 11 is 0. The van der Waals surface area contributed by atoms with E-state index in [1.54, 1.807) is 4.90 Å². The number of likely N-dealkylation sites (tertiary alicyclic amines) is 1. The first kappa shape index (κ1) is 20.1. The number of piperidine rings is 1. The zero-order valence-electron chi connectivity index (χ0n) is 17.4. The van der Waals surface area contributed by atoms with E-state index in [4.69, 9.17) is 9.15 Å². The lowest BCUT2D eigenvalue weighted by Crippen LogP contribution is -2.40. The molecule has 0 unspecified atom stereocenters. The van der Waals surface area contributed by atoms with E-state index >= 15 is 0 Å². The summed E-state index contributed by atoms with van der Waals surface area (Å²) in [5.74, 6) is 2.45. The van der Waals surface area contributed by atoms with Gasteiger partial charge in [0.2, 0.25) is 0 Å². The van der Waals surface area contributed by atoms with Gasteiger partial charge in [0.25, 0.3) is 5.91 Å². The number of aromatic nitrogens is 3. The first-order chi connectivity index (χ1) is 14.1. The van der Waals surface area contributed by atoms with Crippen molar-refractivity contribution in [1.82, 2.24) is 24.8 Å². The summed E-state index contributed by atoms with van der Waals surface area (Å²) in [6, 6.07) is 4.44. The molecule has 2 saturated heterocycles. The van der Waals surface area contributed by atoms with E-state index in [2.05, 4.69) is 28.2 Å². The van der Waals surface area contributed by atoms with E-state index in [-0.39, 0.29) is 5.91 Å². The van der Waals surface area contributed by atoms with Crippen LogP contribution in [0.1, 0.15) is 60.2 Å². The summed E-state index contributed by atoms with van der Waals surface area (Å²) in [6.07, 6.45) is 4.98. The second kappa shape index (κ2) is 9.09. The highest BCUT2D eigenvalue weighted by Gasteiger charge is 2.25. The van der Waals surface area contributed by atoms with Crippen molar-refractivity contribution in [1.29, 1.82) is 0 Å². The lowest BCUT2D eigenvalue weighted by molar-refractivity contribution is 0.0299. The molecule has 2 aromatic heterocycles. The van der Waals surface area contributed by atoms with Gasteiger partial charge in [0.1, 0.15) is 11.5 Å². The summed E-state index contributed by atoms with van der Waals surface area (Å²) < 4.78 is 13.0. The SMILES string of the molecule is Cc1ccc([C@@H](C)CCN2CCC(n3cc(C(=O)N4CCOCC4)nn3)CC2)o1. The lowest BCUT2D eigenvalue weighted by Gasteiger charge is -2.32. The Labute approximate surface area is 171 Å². The van der Waals surface area contributed by atoms with E-state index in [1.807, 2.05) is 23.9 Å². The standard InChI is InChI=1S/C21H31N5O3/c1-16(20-4-3-17(2)29-20)5-8-24-9-6-18(7-10-24)26-15-19(22-23-26)21(27)25-11-13-28-14-12-25/h3-4,15-16,18H,5-14H2,1-2H3/t16-/m0/s1. The van der Waals surface area contributed by atoms with Gasteiger partial charge in [-0.25, -0.2) is 4.68 Å². The summed E-state index contributed by atoms with van der Waals surface area (Å²) in [7, 11) is 0. The zero-order chi connectivity index (χ0) is 20.2. The fourth-order valence-electron chi connectivity index (χ4n) is 4.13. The molecule has 1 amide bonds. The van der Waals surface area contributed by atoms with Crippen molar-refractivity contribution in [2.45, 2.75) is 45.1 Å². The van der Waals surface area contributed by atoms with Crippen molar-refractivity contribution >= 4 is 5.91 Å². The summed E-state index contributed by atoms with van der Waals surface area (Å²) in [5, 5.41) is 8.39. The third-order valence-corrected chi connectivity index (χ3v) is 6.08. The number of amides is 1. The second-order valence-electron chi connectivity index (χ2n) is 8.20. The molecule has 2 fully saturated rings. The number of furan rings is 1. The molecule has 4 heterocycles. The van der Waals surface area contributed by atoms with Gasteiger partial charge in [-0.05, 0) is 44.9 Å². The van der Waals surface area contributed by atoms with Crippen LogP contribution in [0.5, 0.6) is 0 Å².